The van der Waals surface area contributed by atoms with Crippen LogP contribution in [0.3, 0.4) is 0 Å². The fourth-order valence-corrected chi connectivity index (χ4v) is 3.12. The van der Waals surface area contributed by atoms with Gasteiger partial charge < -0.3 is 18.7 Å². The van der Waals surface area contributed by atoms with Crippen molar-refractivity contribution >= 4 is 17.6 Å². The van der Waals surface area contributed by atoms with E-state index >= 15 is 0 Å². The van der Waals surface area contributed by atoms with Gasteiger partial charge in [-0.05, 0) is 56.2 Å². The lowest BCUT2D eigenvalue weighted by atomic mass is 10.1. The molecule has 3 rings (SSSR count). The Balaban J connectivity index is 1.57. The van der Waals surface area contributed by atoms with Crippen LogP contribution in [0.4, 0.5) is 0 Å². The predicted molar refractivity (Wildman–Crippen MR) is 107 cm³/mol. The number of hydrogen-bond donors (Lipinski definition) is 0. The van der Waals surface area contributed by atoms with Gasteiger partial charge >= 0.3 is 5.97 Å². The lowest BCUT2D eigenvalue weighted by molar-refractivity contribution is -0.148. The molecule has 0 saturated heterocycles. The van der Waals surface area contributed by atoms with Crippen LogP contribution in [0, 0.1) is 13.8 Å². The van der Waals surface area contributed by atoms with Gasteiger partial charge in [0, 0.05) is 5.02 Å². The minimum atomic E-state index is -0.548. The molecule has 0 aliphatic heterocycles. The molecule has 8 heteroatoms. The molecule has 0 saturated carbocycles. The van der Waals surface area contributed by atoms with Crippen LogP contribution in [0.25, 0.3) is 11.4 Å². The summed E-state index contributed by atoms with van der Waals surface area (Å²) in [5.41, 5.74) is 2.39. The van der Waals surface area contributed by atoms with Crippen LogP contribution in [0.5, 0.6) is 11.5 Å². The van der Waals surface area contributed by atoms with Crippen molar-refractivity contribution in [3.05, 3.63) is 58.4 Å². The smallest absolute Gasteiger partial charge is 0.344 e. The van der Waals surface area contributed by atoms with Crippen molar-refractivity contribution in [3.63, 3.8) is 0 Å². The second-order valence-electron chi connectivity index (χ2n) is 6.26. The molecule has 0 atom stereocenters. The molecule has 0 fully saturated rings. The lowest BCUT2D eigenvalue weighted by Gasteiger charge is -2.11. The second kappa shape index (κ2) is 9.43. The van der Waals surface area contributed by atoms with Crippen LogP contribution >= 0.6 is 11.6 Å². The van der Waals surface area contributed by atoms with E-state index in [0.717, 1.165) is 11.1 Å². The summed E-state index contributed by atoms with van der Waals surface area (Å²) in [7, 11) is 0. The topological polar surface area (TPSA) is 83.7 Å². The van der Waals surface area contributed by atoms with E-state index in [1.54, 1.807) is 12.1 Å². The number of carbonyl (C=O) groups excluding carboxylic acids is 1. The van der Waals surface area contributed by atoms with Gasteiger partial charge in [0.15, 0.2) is 13.2 Å². The number of halogens is 1. The highest BCUT2D eigenvalue weighted by Crippen LogP contribution is 2.28. The summed E-state index contributed by atoms with van der Waals surface area (Å²) in [6.45, 7) is 5.75. The summed E-state index contributed by atoms with van der Waals surface area (Å²) in [4.78, 5) is 16.3. The van der Waals surface area contributed by atoms with Crippen molar-refractivity contribution < 1.29 is 23.5 Å². The highest BCUT2D eigenvalue weighted by Gasteiger charge is 2.15. The molecular formula is C21H21ClN2O5. The number of para-hydroxylation sites is 1. The zero-order valence-electron chi connectivity index (χ0n) is 16.4. The number of hydrogen-bond acceptors (Lipinski definition) is 7. The Bertz CT molecular complexity index is 979. The van der Waals surface area contributed by atoms with Gasteiger partial charge in [-0.25, -0.2) is 4.79 Å². The average molecular weight is 417 g/mol. The number of esters is 1. The van der Waals surface area contributed by atoms with Crippen LogP contribution in [0.1, 0.15) is 23.9 Å². The first-order valence-electron chi connectivity index (χ1n) is 9.08. The Morgan fingerprint density at radius 3 is 2.59 bits per heavy atom. The van der Waals surface area contributed by atoms with Crippen LogP contribution in [-0.4, -0.2) is 29.3 Å². The first-order valence-corrected chi connectivity index (χ1v) is 9.45. The number of aryl methyl sites for hydroxylation is 2. The molecule has 0 amide bonds. The third-order valence-corrected chi connectivity index (χ3v) is 4.23. The van der Waals surface area contributed by atoms with E-state index in [0.29, 0.717) is 34.5 Å². The molecule has 152 valence electrons. The Morgan fingerprint density at radius 1 is 1.14 bits per heavy atom. The number of nitrogens with zero attached hydrogens (tertiary/aromatic N) is 2. The molecule has 0 radical (unpaired) electrons. The minimum absolute atomic E-state index is 0.148. The van der Waals surface area contributed by atoms with Crippen LogP contribution in [-0.2, 0) is 16.1 Å². The Kier molecular flexibility index (Phi) is 6.72. The maximum Gasteiger partial charge on any atom is 0.344 e. The highest BCUT2D eigenvalue weighted by atomic mass is 35.5. The standard InChI is InChI=1S/C21H21ClN2O5/c1-4-26-17-8-6-5-7-16(17)21-23-18(29-24-21)11-27-19(25)12-28-20-13(2)9-15(22)10-14(20)3/h5-10H,4,11-12H2,1-3H3. The van der Waals surface area contributed by atoms with E-state index in [-0.39, 0.29) is 19.1 Å². The SMILES string of the molecule is CCOc1ccccc1-c1noc(COC(=O)COc2c(C)cc(Cl)cc2C)n1. The minimum Gasteiger partial charge on any atom is -0.493 e. The molecule has 0 spiro atoms. The van der Waals surface area contributed by atoms with Gasteiger partial charge in [0.2, 0.25) is 5.82 Å². The van der Waals surface area contributed by atoms with E-state index in [2.05, 4.69) is 10.1 Å². The van der Waals surface area contributed by atoms with Gasteiger partial charge in [0.25, 0.3) is 5.89 Å². The Labute approximate surface area is 173 Å². The largest absolute Gasteiger partial charge is 0.493 e. The van der Waals surface area contributed by atoms with Gasteiger partial charge in [-0.1, -0.05) is 28.9 Å². The number of ether oxygens (including phenoxy) is 3. The summed E-state index contributed by atoms with van der Waals surface area (Å²) < 4.78 is 21.5. The van der Waals surface area contributed by atoms with Gasteiger partial charge in [-0.15, -0.1) is 0 Å². The van der Waals surface area contributed by atoms with Crippen molar-refractivity contribution in [2.75, 3.05) is 13.2 Å². The fraction of sp³-hybridized carbons (Fsp3) is 0.286. The molecule has 0 aliphatic carbocycles. The molecule has 0 unspecified atom stereocenters. The normalized spacial score (nSPS) is 10.6. The number of benzene rings is 2. The van der Waals surface area contributed by atoms with Crippen LogP contribution in [0.2, 0.25) is 5.02 Å². The van der Waals surface area contributed by atoms with Crippen molar-refractivity contribution in [1.29, 1.82) is 0 Å². The maximum absolute atomic E-state index is 12.0. The predicted octanol–water partition coefficient (Wildman–Crippen LogP) is 4.53. The first-order chi connectivity index (χ1) is 14.0. The summed E-state index contributed by atoms with van der Waals surface area (Å²) in [5.74, 6) is 1.26. The summed E-state index contributed by atoms with van der Waals surface area (Å²) >= 11 is 6.00. The Hall–Kier alpha value is -3.06. The van der Waals surface area contributed by atoms with Gasteiger partial charge in [0.05, 0.1) is 12.2 Å². The van der Waals surface area contributed by atoms with E-state index in [1.165, 1.54) is 0 Å². The molecule has 0 bridgehead atoms. The summed E-state index contributed by atoms with van der Waals surface area (Å²) in [6, 6.07) is 10.9. The maximum atomic E-state index is 12.0. The molecular weight excluding hydrogens is 396 g/mol. The average Bonchev–Trinajstić information content (AvgIpc) is 3.15. The van der Waals surface area contributed by atoms with Crippen LogP contribution in [0.15, 0.2) is 40.9 Å². The van der Waals surface area contributed by atoms with Gasteiger partial charge in [-0.2, -0.15) is 4.98 Å². The lowest BCUT2D eigenvalue weighted by Crippen LogP contribution is -2.15. The quantitative estimate of drug-likeness (QED) is 0.499. The van der Waals surface area contributed by atoms with Crippen molar-refractivity contribution in [3.8, 4) is 22.9 Å². The molecule has 2 aromatic carbocycles. The van der Waals surface area contributed by atoms with Crippen molar-refractivity contribution in [1.82, 2.24) is 10.1 Å². The number of carbonyl (C=O) groups is 1. The molecule has 1 heterocycles. The monoisotopic (exact) mass is 416 g/mol. The zero-order chi connectivity index (χ0) is 20.8. The van der Waals surface area contributed by atoms with E-state index in [4.69, 9.17) is 30.3 Å². The second-order valence-corrected chi connectivity index (χ2v) is 6.70. The third-order valence-electron chi connectivity index (χ3n) is 4.01. The van der Waals surface area contributed by atoms with E-state index in [9.17, 15) is 4.79 Å². The summed E-state index contributed by atoms with van der Waals surface area (Å²) in [6.07, 6.45) is 0. The van der Waals surface area contributed by atoms with E-state index in [1.807, 2.05) is 45.0 Å². The van der Waals surface area contributed by atoms with Crippen LogP contribution < -0.4 is 9.47 Å². The van der Waals surface area contributed by atoms with E-state index < -0.39 is 5.97 Å². The number of rotatable bonds is 8. The molecule has 0 N–H and O–H groups in total. The summed E-state index contributed by atoms with van der Waals surface area (Å²) in [5, 5.41) is 4.55. The fourth-order valence-electron chi connectivity index (χ4n) is 2.80. The third kappa shape index (κ3) is 5.26. The molecule has 7 nitrogen and oxygen atoms in total. The first kappa shape index (κ1) is 20.7. The molecule has 3 aromatic rings. The van der Waals surface area contributed by atoms with Gasteiger partial charge in [-0.3, -0.25) is 0 Å². The molecule has 0 aliphatic rings. The van der Waals surface area contributed by atoms with Crippen molar-refractivity contribution in [2.24, 2.45) is 0 Å². The van der Waals surface area contributed by atoms with Crippen molar-refractivity contribution in [2.45, 2.75) is 27.4 Å². The molecule has 1 aromatic heterocycles. The number of aromatic nitrogens is 2. The Morgan fingerprint density at radius 2 is 1.86 bits per heavy atom. The zero-order valence-corrected chi connectivity index (χ0v) is 17.2. The molecule has 29 heavy (non-hydrogen) atoms. The van der Waals surface area contributed by atoms with Gasteiger partial charge in [0.1, 0.15) is 11.5 Å². The highest BCUT2D eigenvalue weighted by molar-refractivity contribution is 6.30.